The van der Waals surface area contributed by atoms with Crippen LogP contribution in [-0.4, -0.2) is 44.2 Å². The first-order valence-electron chi connectivity index (χ1n) is 12.8. The van der Waals surface area contributed by atoms with Gasteiger partial charge in [0.05, 0.1) is 17.3 Å². The van der Waals surface area contributed by atoms with Gasteiger partial charge in [0.1, 0.15) is 4.75 Å². The van der Waals surface area contributed by atoms with E-state index in [1.807, 2.05) is 13.8 Å². The minimum Gasteiger partial charge on any atom is -0.304 e. The summed E-state index contributed by atoms with van der Waals surface area (Å²) in [6.45, 7) is 8.17. The highest BCUT2D eigenvalue weighted by Gasteiger charge is 2.46. The van der Waals surface area contributed by atoms with Gasteiger partial charge in [-0.25, -0.2) is 0 Å². The van der Waals surface area contributed by atoms with E-state index in [0.29, 0.717) is 18.0 Å². The zero-order valence-corrected chi connectivity index (χ0v) is 21.9. The van der Waals surface area contributed by atoms with Gasteiger partial charge >= 0.3 is 0 Å². The number of aliphatic imine (C=N–C) groups is 2. The average Bonchev–Trinajstić information content (AvgIpc) is 3.58. The summed E-state index contributed by atoms with van der Waals surface area (Å²) in [5.41, 5.74) is 0. The lowest BCUT2D eigenvalue weighted by molar-refractivity contribution is -0.122. The zero-order chi connectivity index (χ0) is 23.3. The predicted molar refractivity (Wildman–Crippen MR) is 138 cm³/mol. The monoisotopic (exact) mass is 490 g/mol. The molecule has 6 nitrogen and oxygen atoms in total. The molecule has 4 saturated carbocycles. The van der Waals surface area contributed by atoms with Gasteiger partial charge in [-0.3, -0.25) is 19.6 Å². The van der Waals surface area contributed by atoms with Crippen LogP contribution < -0.4 is 10.6 Å². The Morgan fingerprint density at radius 2 is 1.45 bits per heavy atom. The number of amides is 2. The number of hydrogen-bond acceptors (Lipinski definition) is 6. The van der Waals surface area contributed by atoms with Crippen molar-refractivity contribution in [2.75, 3.05) is 0 Å². The molecule has 4 aliphatic carbocycles. The Labute approximate surface area is 206 Å². The van der Waals surface area contributed by atoms with E-state index in [4.69, 9.17) is 9.98 Å². The van der Waals surface area contributed by atoms with Crippen molar-refractivity contribution >= 4 is 45.7 Å². The number of hydrogen-bond donors (Lipinski definition) is 2. The molecular formula is C25H38N4O2S2. The molecule has 6 fully saturated rings. The standard InChI is InChI=1S/C14H22N2OS.C11H16N2OS/c1-8(2)14(3)12(17)16-13(18-14)15-11-7-9-4-5-10(11)6-9;1-6-10(14)13-11(15-6)12-9-5-7-2-3-8(9)4-7/h8-11H,4-7H2,1-3H3,(H,15,16,17);6-9H,2-5H2,1H3,(H,12,13,14)/t9?,10?,11?,14-;/m0./s1. The quantitative estimate of drug-likeness (QED) is 0.606. The van der Waals surface area contributed by atoms with Gasteiger partial charge in [0.15, 0.2) is 10.3 Å². The van der Waals surface area contributed by atoms with Crippen LogP contribution in [0.2, 0.25) is 0 Å². The highest BCUT2D eigenvalue weighted by atomic mass is 32.2. The molecule has 7 unspecified atom stereocenters. The topological polar surface area (TPSA) is 82.9 Å². The van der Waals surface area contributed by atoms with E-state index in [-0.39, 0.29) is 21.8 Å². The van der Waals surface area contributed by atoms with Gasteiger partial charge in [-0.2, -0.15) is 0 Å². The maximum Gasteiger partial charge on any atom is 0.242 e. The number of carbonyl (C=O) groups excluding carboxylic acids is 2. The molecule has 182 valence electrons. The number of fused-ring (bicyclic) bond motifs is 4. The second-order valence-corrected chi connectivity index (χ2v) is 14.2. The summed E-state index contributed by atoms with van der Waals surface area (Å²) in [5, 5.41) is 7.63. The Morgan fingerprint density at radius 1 is 0.879 bits per heavy atom. The number of amidine groups is 2. The van der Waals surface area contributed by atoms with Crippen LogP contribution in [0.25, 0.3) is 0 Å². The molecule has 2 saturated heterocycles. The molecule has 0 spiro atoms. The summed E-state index contributed by atoms with van der Waals surface area (Å²) in [7, 11) is 0. The van der Waals surface area contributed by atoms with Crippen LogP contribution in [0.4, 0.5) is 0 Å². The van der Waals surface area contributed by atoms with Gasteiger partial charge in [-0.1, -0.05) is 50.2 Å². The van der Waals surface area contributed by atoms with Crippen molar-refractivity contribution in [3.8, 4) is 0 Å². The summed E-state index contributed by atoms with van der Waals surface area (Å²) in [5.74, 6) is 3.98. The Morgan fingerprint density at radius 3 is 1.85 bits per heavy atom. The lowest BCUT2D eigenvalue weighted by atomic mass is 9.96. The minimum absolute atomic E-state index is 0.0438. The maximum atomic E-state index is 12.1. The Balaban J connectivity index is 0.000000140. The Bertz CT molecular complexity index is 874. The van der Waals surface area contributed by atoms with Crippen LogP contribution in [-0.2, 0) is 9.59 Å². The average molecular weight is 491 g/mol. The third-order valence-electron chi connectivity index (χ3n) is 8.94. The fraction of sp³-hybridized carbons (Fsp3) is 0.840. The second-order valence-electron chi connectivity index (χ2n) is 11.4. The molecule has 0 aromatic rings. The number of carbonyl (C=O) groups is 2. The van der Waals surface area contributed by atoms with Crippen molar-refractivity contribution in [3.63, 3.8) is 0 Å². The molecule has 2 heterocycles. The van der Waals surface area contributed by atoms with E-state index in [0.717, 1.165) is 34.0 Å². The van der Waals surface area contributed by atoms with Crippen LogP contribution >= 0.6 is 23.5 Å². The molecule has 2 amide bonds. The van der Waals surface area contributed by atoms with Crippen molar-refractivity contribution in [2.45, 2.75) is 101 Å². The van der Waals surface area contributed by atoms with Gasteiger partial charge in [-0.05, 0) is 82.0 Å². The molecular weight excluding hydrogens is 452 g/mol. The fourth-order valence-corrected chi connectivity index (χ4v) is 8.46. The van der Waals surface area contributed by atoms with Gasteiger partial charge in [0.2, 0.25) is 11.8 Å². The van der Waals surface area contributed by atoms with Crippen molar-refractivity contribution in [2.24, 2.45) is 39.6 Å². The lowest BCUT2D eigenvalue weighted by Gasteiger charge is -2.23. The normalized spacial score (nSPS) is 45.8. The molecule has 33 heavy (non-hydrogen) atoms. The molecule has 0 radical (unpaired) electrons. The van der Waals surface area contributed by atoms with Gasteiger partial charge in [-0.15, -0.1) is 0 Å². The van der Waals surface area contributed by atoms with Crippen molar-refractivity contribution in [3.05, 3.63) is 0 Å². The van der Waals surface area contributed by atoms with E-state index in [2.05, 4.69) is 24.5 Å². The number of thioether (sulfide) groups is 2. The van der Waals surface area contributed by atoms with Gasteiger partial charge in [0.25, 0.3) is 0 Å². The summed E-state index contributed by atoms with van der Waals surface area (Å²) < 4.78 is -0.337. The number of nitrogens with zero attached hydrogens (tertiary/aromatic N) is 2. The third kappa shape index (κ3) is 4.75. The van der Waals surface area contributed by atoms with E-state index in [1.54, 1.807) is 23.5 Å². The smallest absolute Gasteiger partial charge is 0.242 e. The van der Waals surface area contributed by atoms with E-state index in [9.17, 15) is 9.59 Å². The van der Waals surface area contributed by atoms with Crippen LogP contribution in [0.1, 0.15) is 79.1 Å². The van der Waals surface area contributed by atoms with Crippen molar-refractivity contribution in [1.29, 1.82) is 0 Å². The van der Waals surface area contributed by atoms with E-state index in [1.165, 1.54) is 51.4 Å². The Kier molecular flexibility index (Phi) is 6.62. The molecule has 2 N–H and O–H groups in total. The highest BCUT2D eigenvalue weighted by Crippen LogP contribution is 2.47. The summed E-state index contributed by atoms with van der Waals surface area (Å²) in [4.78, 5) is 32.9. The summed E-state index contributed by atoms with van der Waals surface area (Å²) in [6, 6.07) is 0.970. The largest absolute Gasteiger partial charge is 0.304 e. The number of rotatable bonds is 3. The lowest BCUT2D eigenvalue weighted by Crippen LogP contribution is -2.38. The van der Waals surface area contributed by atoms with Crippen molar-refractivity contribution < 1.29 is 9.59 Å². The second kappa shape index (κ2) is 9.21. The molecule has 8 atom stereocenters. The predicted octanol–water partition coefficient (Wildman–Crippen LogP) is 4.59. The zero-order valence-electron chi connectivity index (χ0n) is 20.3. The molecule has 8 heteroatoms. The first-order valence-corrected chi connectivity index (χ1v) is 14.5. The van der Waals surface area contributed by atoms with Crippen LogP contribution in [0.5, 0.6) is 0 Å². The highest BCUT2D eigenvalue weighted by molar-refractivity contribution is 8.16. The molecule has 6 aliphatic rings. The first kappa shape index (κ1) is 23.7. The van der Waals surface area contributed by atoms with Crippen molar-refractivity contribution in [1.82, 2.24) is 10.6 Å². The van der Waals surface area contributed by atoms with E-state index >= 15 is 0 Å². The number of nitrogens with one attached hydrogen (secondary N) is 2. The summed E-state index contributed by atoms with van der Waals surface area (Å²) in [6.07, 6.45) is 10.7. The molecule has 0 aromatic carbocycles. The van der Waals surface area contributed by atoms with Crippen LogP contribution in [0.15, 0.2) is 9.98 Å². The third-order valence-corrected chi connectivity index (χ3v) is 11.4. The van der Waals surface area contributed by atoms with Crippen LogP contribution in [0, 0.1) is 29.6 Å². The maximum absolute atomic E-state index is 12.1. The minimum atomic E-state index is -0.337. The molecule has 6 rings (SSSR count). The SMILES string of the molecule is CC(C)[C@]1(C)SC(=NC2CC3CCC2C3)NC1=O.CC1SC(=NC2CC3CCC2C3)NC1=O. The molecule has 2 aliphatic heterocycles. The van der Waals surface area contributed by atoms with Crippen LogP contribution in [0.3, 0.4) is 0 Å². The summed E-state index contributed by atoms with van der Waals surface area (Å²) >= 11 is 3.21. The van der Waals surface area contributed by atoms with E-state index < -0.39 is 0 Å². The molecule has 4 bridgehead atoms. The first-order chi connectivity index (χ1) is 15.7. The van der Waals surface area contributed by atoms with Gasteiger partial charge in [0, 0.05) is 0 Å². The fourth-order valence-electron chi connectivity index (χ4n) is 6.49. The van der Waals surface area contributed by atoms with Gasteiger partial charge < -0.3 is 10.6 Å². The molecule has 0 aromatic heterocycles. The Hall–Kier alpha value is -1.02.